The largest absolute Gasteiger partial charge is 0.493 e. The van der Waals surface area contributed by atoms with E-state index in [1.807, 2.05) is 31.2 Å². The Bertz CT molecular complexity index is 342. The van der Waals surface area contributed by atoms with Crippen LogP contribution in [0, 0.1) is 6.92 Å². The summed E-state index contributed by atoms with van der Waals surface area (Å²) in [6, 6.07) is 7.97. The lowest BCUT2D eigenvalue weighted by Gasteiger charge is -2.06. The van der Waals surface area contributed by atoms with E-state index in [4.69, 9.17) is 10.5 Å². The average molecular weight is 239 g/mol. The van der Waals surface area contributed by atoms with Crippen LogP contribution < -0.4 is 10.5 Å². The van der Waals surface area contributed by atoms with E-state index in [-0.39, 0.29) is 5.91 Å². The smallest absolute Gasteiger partial charge is 0.218 e. The number of thioether (sulfide) groups is 1. The van der Waals surface area contributed by atoms with Gasteiger partial charge in [-0.15, -0.1) is 0 Å². The van der Waals surface area contributed by atoms with Crippen molar-refractivity contribution in [3.63, 3.8) is 0 Å². The van der Waals surface area contributed by atoms with Crippen molar-refractivity contribution in [3.8, 4) is 5.75 Å². The molecule has 0 bridgehead atoms. The van der Waals surface area contributed by atoms with E-state index in [1.165, 1.54) is 5.56 Å². The van der Waals surface area contributed by atoms with E-state index in [0.29, 0.717) is 13.0 Å². The predicted octanol–water partition coefficient (Wildman–Crippen LogP) is 1.98. The molecular formula is C12H17NO2S. The fourth-order valence-electron chi connectivity index (χ4n) is 1.20. The molecule has 0 atom stereocenters. The second-order valence-corrected chi connectivity index (χ2v) is 4.72. The highest BCUT2D eigenvalue weighted by Gasteiger charge is 1.96. The second kappa shape index (κ2) is 7.17. The third kappa shape index (κ3) is 5.66. The number of amides is 1. The van der Waals surface area contributed by atoms with Crippen LogP contribution in [0.3, 0.4) is 0 Å². The zero-order chi connectivity index (χ0) is 11.8. The van der Waals surface area contributed by atoms with Crippen LogP contribution in [-0.4, -0.2) is 24.0 Å². The molecule has 4 heteroatoms. The van der Waals surface area contributed by atoms with Gasteiger partial charge in [0.1, 0.15) is 5.75 Å². The van der Waals surface area contributed by atoms with Crippen molar-refractivity contribution < 1.29 is 9.53 Å². The van der Waals surface area contributed by atoms with Crippen molar-refractivity contribution >= 4 is 17.7 Å². The molecule has 88 valence electrons. The minimum Gasteiger partial charge on any atom is -0.493 e. The van der Waals surface area contributed by atoms with Gasteiger partial charge in [0.2, 0.25) is 5.91 Å². The quantitative estimate of drug-likeness (QED) is 0.740. The van der Waals surface area contributed by atoms with E-state index in [2.05, 4.69) is 0 Å². The minimum atomic E-state index is -0.243. The Labute approximate surface area is 100 Å². The number of ether oxygens (including phenoxy) is 1. The maximum atomic E-state index is 10.5. The number of hydrogen-bond donors (Lipinski definition) is 1. The molecule has 2 N–H and O–H groups in total. The number of carbonyl (C=O) groups excluding carboxylic acids is 1. The van der Waals surface area contributed by atoms with Gasteiger partial charge in [0.15, 0.2) is 0 Å². The van der Waals surface area contributed by atoms with Crippen LogP contribution in [0.5, 0.6) is 5.75 Å². The number of hydrogen-bond acceptors (Lipinski definition) is 3. The lowest BCUT2D eigenvalue weighted by Crippen LogP contribution is -2.11. The summed E-state index contributed by atoms with van der Waals surface area (Å²) in [5.74, 6) is 2.30. The summed E-state index contributed by atoms with van der Waals surface area (Å²) in [5, 5.41) is 0. The molecule has 0 aromatic heterocycles. The SMILES string of the molecule is Cc1cccc(OCCSCCC(N)=O)c1. The van der Waals surface area contributed by atoms with Gasteiger partial charge < -0.3 is 10.5 Å². The third-order valence-electron chi connectivity index (χ3n) is 1.98. The van der Waals surface area contributed by atoms with Crippen LogP contribution in [0.2, 0.25) is 0 Å². The summed E-state index contributed by atoms with van der Waals surface area (Å²) in [6.07, 6.45) is 0.440. The fourth-order valence-corrected chi connectivity index (χ4v) is 1.95. The first kappa shape index (κ1) is 12.9. The Kier molecular flexibility index (Phi) is 5.78. The molecule has 0 saturated heterocycles. The van der Waals surface area contributed by atoms with Crippen LogP contribution in [-0.2, 0) is 4.79 Å². The zero-order valence-electron chi connectivity index (χ0n) is 9.44. The first-order valence-electron chi connectivity index (χ1n) is 5.24. The average Bonchev–Trinajstić information content (AvgIpc) is 2.23. The topological polar surface area (TPSA) is 52.3 Å². The molecule has 0 aliphatic rings. The van der Waals surface area contributed by atoms with Gasteiger partial charge in [-0.25, -0.2) is 0 Å². The molecule has 1 aromatic carbocycles. The van der Waals surface area contributed by atoms with Crippen molar-refractivity contribution in [2.75, 3.05) is 18.1 Å². The minimum absolute atomic E-state index is 0.243. The van der Waals surface area contributed by atoms with Gasteiger partial charge in [-0.05, 0) is 24.6 Å². The van der Waals surface area contributed by atoms with Crippen molar-refractivity contribution in [3.05, 3.63) is 29.8 Å². The van der Waals surface area contributed by atoms with Gasteiger partial charge in [-0.2, -0.15) is 11.8 Å². The van der Waals surface area contributed by atoms with Crippen molar-refractivity contribution in [2.45, 2.75) is 13.3 Å². The Hall–Kier alpha value is -1.16. The molecule has 0 heterocycles. The molecule has 16 heavy (non-hydrogen) atoms. The highest BCUT2D eigenvalue weighted by molar-refractivity contribution is 7.99. The van der Waals surface area contributed by atoms with Gasteiger partial charge in [0.25, 0.3) is 0 Å². The molecule has 3 nitrogen and oxygen atoms in total. The monoisotopic (exact) mass is 239 g/mol. The Morgan fingerprint density at radius 1 is 1.44 bits per heavy atom. The summed E-state index contributed by atoms with van der Waals surface area (Å²) in [4.78, 5) is 10.5. The molecule has 1 rings (SSSR count). The van der Waals surface area contributed by atoms with Crippen LogP contribution in [0.4, 0.5) is 0 Å². The number of nitrogens with two attached hydrogens (primary N) is 1. The van der Waals surface area contributed by atoms with Crippen LogP contribution in [0.25, 0.3) is 0 Å². The molecule has 0 aliphatic carbocycles. The number of rotatable bonds is 7. The predicted molar refractivity (Wildman–Crippen MR) is 67.8 cm³/mol. The van der Waals surface area contributed by atoms with E-state index < -0.39 is 0 Å². The van der Waals surface area contributed by atoms with E-state index in [9.17, 15) is 4.79 Å². The van der Waals surface area contributed by atoms with Crippen LogP contribution >= 0.6 is 11.8 Å². The molecule has 0 radical (unpaired) electrons. The van der Waals surface area contributed by atoms with Crippen LogP contribution in [0.1, 0.15) is 12.0 Å². The lowest BCUT2D eigenvalue weighted by atomic mass is 10.2. The molecule has 0 saturated carbocycles. The van der Waals surface area contributed by atoms with Gasteiger partial charge in [-0.3, -0.25) is 4.79 Å². The maximum Gasteiger partial charge on any atom is 0.218 e. The van der Waals surface area contributed by atoms with Crippen molar-refractivity contribution in [2.24, 2.45) is 5.73 Å². The maximum absolute atomic E-state index is 10.5. The second-order valence-electron chi connectivity index (χ2n) is 3.49. The zero-order valence-corrected chi connectivity index (χ0v) is 10.3. The van der Waals surface area contributed by atoms with Gasteiger partial charge in [0, 0.05) is 17.9 Å². The molecule has 0 aliphatic heterocycles. The highest BCUT2D eigenvalue weighted by atomic mass is 32.2. The third-order valence-corrected chi connectivity index (χ3v) is 2.93. The van der Waals surface area contributed by atoms with Crippen LogP contribution in [0.15, 0.2) is 24.3 Å². The first-order chi connectivity index (χ1) is 7.68. The summed E-state index contributed by atoms with van der Waals surface area (Å²) in [5.41, 5.74) is 6.22. The van der Waals surface area contributed by atoms with E-state index in [1.54, 1.807) is 11.8 Å². The molecule has 0 unspecified atom stereocenters. The Balaban J connectivity index is 2.09. The first-order valence-corrected chi connectivity index (χ1v) is 6.39. The number of carbonyl (C=O) groups is 1. The van der Waals surface area contributed by atoms with E-state index in [0.717, 1.165) is 17.3 Å². The molecule has 0 fully saturated rings. The molecule has 0 spiro atoms. The summed E-state index contributed by atoms with van der Waals surface area (Å²) < 4.78 is 5.56. The number of benzene rings is 1. The highest BCUT2D eigenvalue weighted by Crippen LogP contribution is 2.12. The van der Waals surface area contributed by atoms with E-state index >= 15 is 0 Å². The summed E-state index contributed by atoms with van der Waals surface area (Å²) in [6.45, 7) is 2.70. The van der Waals surface area contributed by atoms with Crippen molar-refractivity contribution in [1.82, 2.24) is 0 Å². The van der Waals surface area contributed by atoms with Crippen molar-refractivity contribution in [1.29, 1.82) is 0 Å². The fraction of sp³-hybridized carbons (Fsp3) is 0.417. The molecular weight excluding hydrogens is 222 g/mol. The van der Waals surface area contributed by atoms with Gasteiger partial charge in [-0.1, -0.05) is 12.1 Å². The number of primary amides is 1. The molecule has 1 amide bonds. The Morgan fingerprint density at radius 2 is 2.25 bits per heavy atom. The Morgan fingerprint density at radius 3 is 2.94 bits per heavy atom. The normalized spacial score (nSPS) is 10.1. The van der Waals surface area contributed by atoms with Gasteiger partial charge >= 0.3 is 0 Å². The summed E-state index contributed by atoms with van der Waals surface area (Å²) >= 11 is 1.68. The molecule has 1 aromatic rings. The number of aryl methyl sites for hydroxylation is 1. The lowest BCUT2D eigenvalue weighted by molar-refractivity contribution is -0.117. The van der Waals surface area contributed by atoms with Gasteiger partial charge in [0.05, 0.1) is 6.61 Å². The summed E-state index contributed by atoms with van der Waals surface area (Å²) in [7, 11) is 0. The standard InChI is InChI=1S/C12H17NO2S/c1-10-3-2-4-11(9-10)15-6-8-16-7-5-12(13)14/h2-4,9H,5-8H2,1H3,(H2,13,14).